The lowest BCUT2D eigenvalue weighted by Crippen LogP contribution is -2.28. The van der Waals surface area contributed by atoms with Gasteiger partial charge in [-0.15, -0.1) is 0 Å². The Hall–Kier alpha value is -4.12. The molecule has 5 rings (SSSR count). The molecule has 1 aliphatic rings. The van der Waals surface area contributed by atoms with E-state index in [0.29, 0.717) is 18.0 Å². The van der Waals surface area contributed by atoms with Gasteiger partial charge in [-0.2, -0.15) is 0 Å². The minimum absolute atomic E-state index is 0.0207. The standard InChI is InChI=1S/C29H26N2O3/c1-19-10-11-20(2)26(16-19)31-18-22(17-28(31)32)29(33)30-23-12-14-24(15-13-23)34-27-9-5-7-21-6-3-4-8-25(21)27/h3-16,22H,17-18H2,1-2H3,(H,30,33)/t22-/m1/s1. The molecule has 5 heteroatoms. The van der Waals surface area contributed by atoms with Crippen LogP contribution in [0.3, 0.4) is 0 Å². The molecule has 4 aromatic carbocycles. The van der Waals surface area contributed by atoms with Crippen molar-refractivity contribution in [2.75, 3.05) is 16.8 Å². The van der Waals surface area contributed by atoms with E-state index in [1.54, 1.807) is 4.90 Å². The normalized spacial score (nSPS) is 15.5. The lowest BCUT2D eigenvalue weighted by atomic mass is 10.1. The van der Waals surface area contributed by atoms with Crippen LogP contribution in [0.4, 0.5) is 11.4 Å². The average molecular weight is 451 g/mol. The highest BCUT2D eigenvalue weighted by atomic mass is 16.5. The van der Waals surface area contributed by atoms with E-state index >= 15 is 0 Å². The zero-order chi connectivity index (χ0) is 23.7. The van der Waals surface area contributed by atoms with Gasteiger partial charge in [-0.1, -0.05) is 48.5 Å². The van der Waals surface area contributed by atoms with Crippen molar-refractivity contribution in [3.05, 3.63) is 96.1 Å². The Bertz CT molecular complexity index is 1370. The Balaban J connectivity index is 1.25. The first-order valence-electron chi connectivity index (χ1n) is 11.4. The minimum atomic E-state index is -0.390. The number of ether oxygens (including phenoxy) is 1. The smallest absolute Gasteiger partial charge is 0.229 e. The summed E-state index contributed by atoms with van der Waals surface area (Å²) in [5.74, 6) is 0.910. The molecule has 0 aliphatic carbocycles. The number of fused-ring (bicyclic) bond motifs is 1. The highest BCUT2D eigenvalue weighted by molar-refractivity contribution is 6.04. The second-order valence-corrected chi connectivity index (χ2v) is 8.79. The van der Waals surface area contributed by atoms with Gasteiger partial charge in [0.25, 0.3) is 0 Å². The Morgan fingerprint density at radius 3 is 2.53 bits per heavy atom. The van der Waals surface area contributed by atoms with E-state index in [1.807, 2.05) is 86.6 Å². The molecule has 0 radical (unpaired) electrons. The molecule has 0 spiro atoms. The zero-order valence-electron chi connectivity index (χ0n) is 19.2. The molecule has 1 aliphatic heterocycles. The molecule has 1 N–H and O–H groups in total. The highest BCUT2D eigenvalue weighted by Gasteiger charge is 2.35. The lowest BCUT2D eigenvalue weighted by Gasteiger charge is -2.19. The van der Waals surface area contributed by atoms with Gasteiger partial charge in [0.05, 0.1) is 5.92 Å². The van der Waals surface area contributed by atoms with E-state index in [0.717, 1.165) is 33.3 Å². The molecule has 0 saturated carbocycles. The van der Waals surface area contributed by atoms with E-state index in [1.165, 1.54) is 0 Å². The number of benzene rings is 4. The Morgan fingerprint density at radius 2 is 1.71 bits per heavy atom. The SMILES string of the molecule is Cc1ccc(C)c(N2C[C@H](C(=O)Nc3ccc(Oc4cccc5ccccc45)cc3)CC2=O)c1. The first-order chi connectivity index (χ1) is 16.5. The van der Waals surface area contributed by atoms with E-state index in [9.17, 15) is 9.59 Å². The maximum absolute atomic E-state index is 12.9. The maximum atomic E-state index is 12.9. The van der Waals surface area contributed by atoms with Crippen LogP contribution in [-0.4, -0.2) is 18.4 Å². The summed E-state index contributed by atoms with van der Waals surface area (Å²) in [5, 5.41) is 5.11. The third-order valence-corrected chi connectivity index (χ3v) is 6.25. The number of carbonyl (C=O) groups is 2. The number of carbonyl (C=O) groups excluding carboxylic acids is 2. The van der Waals surface area contributed by atoms with Crippen LogP contribution in [0.1, 0.15) is 17.5 Å². The summed E-state index contributed by atoms with van der Waals surface area (Å²) in [5.41, 5.74) is 3.68. The molecule has 170 valence electrons. The van der Waals surface area contributed by atoms with E-state index in [4.69, 9.17) is 4.74 Å². The summed E-state index contributed by atoms with van der Waals surface area (Å²) in [7, 11) is 0. The number of nitrogens with one attached hydrogen (secondary N) is 1. The quantitative estimate of drug-likeness (QED) is 0.391. The van der Waals surface area contributed by atoms with Gasteiger partial charge in [-0.25, -0.2) is 0 Å². The van der Waals surface area contributed by atoms with Gasteiger partial charge in [-0.3, -0.25) is 9.59 Å². The average Bonchev–Trinajstić information content (AvgIpc) is 3.23. The van der Waals surface area contributed by atoms with E-state index in [2.05, 4.69) is 17.4 Å². The van der Waals surface area contributed by atoms with Crippen LogP contribution in [0.2, 0.25) is 0 Å². The molecule has 0 unspecified atom stereocenters. The zero-order valence-corrected chi connectivity index (χ0v) is 19.2. The first-order valence-corrected chi connectivity index (χ1v) is 11.4. The predicted octanol–water partition coefficient (Wildman–Crippen LogP) is 6.24. The summed E-state index contributed by atoms with van der Waals surface area (Å²) in [6.45, 7) is 4.37. The summed E-state index contributed by atoms with van der Waals surface area (Å²) < 4.78 is 6.09. The van der Waals surface area contributed by atoms with Crippen LogP contribution in [-0.2, 0) is 9.59 Å². The lowest BCUT2D eigenvalue weighted by molar-refractivity contribution is -0.122. The van der Waals surface area contributed by atoms with Crippen LogP contribution in [0.25, 0.3) is 10.8 Å². The molecule has 2 amide bonds. The Labute approximate surface area is 199 Å². The number of nitrogens with zero attached hydrogens (tertiary/aromatic N) is 1. The highest BCUT2D eigenvalue weighted by Crippen LogP contribution is 2.31. The molecule has 34 heavy (non-hydrogen) atoms. The third kappa shape index (κ3) is 4.37. The molecule has 4 aromatic rings. The van der Waals surface area contributed by atoms with Crippen molar-refractivity contribution in [2.45, 2.75) is 20.3 Å². The second kappa shape index (κ2) is 9.02. The second-order valence-electron chi connectivity index (χ2n) is 8.79. The number of aryl methyl sites for hydroxylation is 2. The van der Waals surface area contributed by atoms with Crippen LogP contribution >= 0.6 is 0 Å². The van der Waals surface area contributed by atoms with Gasteiger partial charge in [0.15, 0.2) is 0 Å². The fourth-order valence-corrected chi connectivity index (χ4v) is 4.39. The van der Waals surface area contributed by atoms with Crippen molar-refractivity contribution in [1.82, 2.24) is 0 Å². The van der Waals surface area contributed by atoms with Crippen molar-refractivity contribution in [3.8, 4) is 11.5 Å². The number of hydrogen-bond donors (Lipinski definition) is 1. The molecular weight excluding hydrogens is 424 g/mol. The molecular formula is C29H26N2O3. The maximum Gasteiger partial charge on any atom is 0.229 e. The first kappa shape index (κ1) is 21.7. The van der Waals surface area contributed by atoms with Gasteiger partial charge >= 0.3 is 0 Å². The Kier molecular flexibility index (Phi) is 5.76. The topological polar surface area (TPSA) is 58.6 Å². The number of hydrogen-bond acceptors (Lipinski definition) is 3. The number of rotatable bonds is 5. The van der Waals surface area contributed by atoms with Crippen molar-refractivity contribution in [3.63, 3.8) is 0 Å². The summed E-state index contributed by atoms with van der Waals surface area (Å²) in [6.07, 6.45) is 0.210. The molecule has 1 saturated heterocycles. The van der Waals surface area contributed by atoms with Gasteiger partial charge in [0.1, 0.15) is 11.5 Å². The van der Waals surface area contributed by atoms with Gasteiger partial charge in [-0.05, 0) is 66.8 Å². The molecule has 0 aromatic heterocycles. The third-order valence-electron chi connectivity index (χ3n) is 6.25. The predicted molar refractivity (Wildman–Crippen MR) is 135 cm³/mol. The van der Waals surface area contributed by atoms with Gasteiger partial charge < -0.3 is 15.0 Å². The molecule has 1 fully saturated rings. The number of amides is 2. The molecule has 5 nitrogen and oxygen atoms in total. The molecule has 1 heterocycles. The van der Waals surface area contributed by atoms with Gasteiger partial charge in [0, 0.05) is 29.7 Å². The van der Waals surface area contributed by atoms with E-state index < -0.39 is 0 Å². The fraction of sp³-hybridized carbons (Fsp3) is 0.172. The molecule has 0 bridgehead atoms. The summed E-state index contributed by atoms with van der Waals surface area (Å²) >= 11 is 0. The number of anilines is 2. The van der Waals surface area contributed by atoms with Crippen LogP contribution in [0.15, 0.2) is 84.9 Å². The fourth-order valence-electron chi connectivity index (χ4n) is 4.39. The van der Waals surface area contributed by atoms with Crippen molar-refractivity contribution in [1.29, 1.82) is 0 Å². The Morgan fingerprint density at radius 1 is 0.941 bits per heavy atom. The largest absolute Gasteiger partial charge is 0.457 e. The van der Waals surface area contributed by atoms with E-state index in [-0.39, 0.29) is 24.2 Å². The summed E-state index contributed by atoms with van der Waals surface area (Å²) in [6, 6.07) is 27.4. The van der Waals surface area contributed by atoms with Crippen LogP contribution in [0.5, 0.6) is 11.5 Å². The minimum Gasteiger partial charge on any atom is -0.457 e. The monoisotopic (exact) mass is 450 g/mol. The summed E-state index contributed by atoms with van der Waals surface area (Å²) in [4.78, 5) is 27.3. The van der Waals surface area contributed by atoms with Gasteiger partial charge in [0.2, 0.25) is 11.8 Å². The van der Waals surface area contributed by atoms with Crippen molar-refractivity contribution in [2.24, 2.45) is 5.92 Å². The van der Waals surface area contributed by atoms with Crippen LogP contribution < -0.4 is 15.0 Å². The van der Waals surface area contributed by atoms with Crippen LogP contribution in [0, 0.1) is 19.8 Å². The van der Waals surface area contributed by atoms with Crippen molar-refractivity contribution < 1.29 is 14.3 Å². The van der Waals surface area contributed by atoms with Crippen molar-refractivity contribution >= 4 is 34.0 Å². The molecule has 1 atom stereocenters.